The van der Waals surface area contributed by atoms with Gasteiger partial charge in [0, 0.05) is 81.5 Å². The number of aliphatic hydroxyl groups is 9. The highest BCUT2D eigenvalue weighted by molar-refractivity contribution is 7.73. The molecular weight excluding hydrogens is 2100 g/mol. The van der Waals surface area contributed by atoms with Crippen LogP contribution in [0.15, 0.2) is 74.1 Å². The smallest absolute Gasteiger partial charge is 0.459 e. The summed E-state index contributed by atoms with van der Waals surface area (Å²) in [7, 11) is 2.30. The van der Waals surface area contributed by atoms with Gasteiger partial charge in [-0.25, -0.2) is 19.2 Å². The maximum absolute atomic E-state index is 13.2. The van der Waals surface area contributed by atoms with Gasteiger partial charge in [-0.1, -0.05) is 0 Å². The lowest BCUT2D eigenvalue weighted by Gasteiger charge is -2.26. The molecule has 0 aliphatic carbocycles. The molecule has 0 radical (unpaired) electrons. The predicted molar refractivity (Wildman–Crippen MR) is 559 cm³/mol. The first-order valence-corrected chi connectivity index (χ1v) is 62.5. The number of methoxy groups -OCH3 is 1. The van der Waals surface area contributed by atoms with Gasteiger partial charge in [0.2, 0.25) is 0 Å². The van der Waals surface area contributed by atoms with E-state index in [0.29, 0.717) is 50.0 Å². The minimum atomic E-state index is -5.37. The van der Waals surface area contributed by atoms with Crippen LogP contribution in [-0.2, 0) is 94.6 Å². The number of aliphatic hydroxyl groups excluding tert-OH is 9. The van der Waals surface area contributed by atoms with Crippen molar-refractivity contribution < 1.29 is 134 Å². The van der Waals surface area contributed by atoms with E-state index in [2.05, 4.69) is 102 Å². The first-order valence-electron chi connectivity index (χ1n) is 46.8. The van der Waals surface area contributed by atoms with Gasteiger partial charge >= 0.3 is 52.9 Å². The van der Waals surface area contributed by atoms with Crippen LogP contribution in [0, 0.1) is 4.77 Å². The Hall–Kier alpha value is -8.40. The van der Waals surface area contributed by atoms with E-state index in [0.717, 1.165) is 51.6 Å². The molecule has 0 unspecified atom stereocenters. The van der Waals surface area contributed by atoms with Crippen LogP contribution in [0.2, 0.25) is 0 Å². The lowest BCUT2D eigenvalue weighted by molar-refractivity contribution is -0.188. The summed E-state index contributed by atoms with van der Waals surface area (Å²) in [5, 5.41) is 102. The summed E-state index contributed by atoms with van der Waals surface area (Å²) >= 11 is 5.20. The lowest BCUT2D eigenvalue weighted by Crippen LogP contribution is -2.46. The van der Waals surface area contributed by atoms with Crippen molar-refractivity contribution in [3.63, 3.8) is 0 Å². The third kappa shape index (κ3) is 39.5. The minimum absolute atomic E-state index is 0.0455. The number of alkyl halides is 6. The number of nitrogens with zero attached hydrogens (tertiary/aromatic N) is 7. The zero-order valence-corrected chi connectivity index (χ0v) is 91.7. The average Bonchev–Trinajstić information content (AvgIpc) is 1.66. The summed E-state index contributed by atoms with van der Waals surface area (Å²) in [6, 6.07) is 0. The second-order valence-corrected chi connectivity index (χ2v) is 63.6. The third-order valence-corrected chi connectivity index (χ3v) is 31.0. The van der Waals surface area contributed by atoms with E-state index in [-0.39, 0.29) is 93.4 Å². The van der Waals surface area contributed by atoms with Gasteiger partial charge in [-0.05, 0) is 183 Å². The number of carbonyl (C=O) groups is 6. The Balaban J connectivity index is 0.000000286. The highest BCUT2D eigenvalue weighted by Gasteiger charge is 2.51. The van der Waals surface area contributed by atoms with Crippen molar-refractivity contribution in [2.45, 2.75) is 247 Å². The van der Waals surface area contributed by atoms with E-state index in [1.165, 1.54) is 76.4 Å². The van der Waals surface area contributed by atoms with Crippen molar-refractivity contribution in [2.75, 3.05) is 138 Å². The van der Waals surface area contributed by atoms with Crippen molar-refractivity contribution in [3.05, 3.63) is 157 Å². The van der Waals surface area contributed by atoms with E-state index in [1.54, 1.807) is 0 Å². The maximum atomic E-state index is 13.2. The van der Waals surface area contributed by atoms with Crippen LogP contribution in [-0.4, -0.2) is 417 Å². The van der Waals surface area contributed by atoms with Gasteiger partial charge in [0.1, 0.15) is 90.5 Å². The summed E-state index contributed by atoms with van der Waals surface area (Å²) in [4.78, 5) is 189. The molecular formula is C91H144F6N15O31P5S. The van der Waals surface area contributed by atoms with Gasteiger partial charge in [0.15, 0.2) is 35.9 Å². The number of hydrogen-bond acceptors (Lipinski definition) is 35. The van der Waals surface area contributed by atoms with E-state index >= 15 is 0 Å². The van der Waals surface area contributed by atoms with E-state index in [9.17, 15) is 144 Å². The van der Waals surface area contributed by atoms with Crippen LogP contribution in [0.1, 0.15) is 133 Å². The fraction of sp³-hybridized carbons (Fsp3) is 0.659. The molecule has 20 atom stereocenters. The Morgan fingerprint density at radius 1 is 0.396 bits per heavy atom. The molecule has 5 aliphatic rings. The van der Waals surface area contributed by atoms with Crippen LogP contribution >= 0.6 is 46.6 Å². The number of esters is 1. The average molecular weight is 2250 g/mol. The van der Waals surface area contributed by atoms with E-state index in [1.807, 2.05) is 36.6 Å². The molecule has 10 heterocycles. The number of aromatic nitrogens is 10. The van der Waals surface area contributed by atoms with Crippen molar-refractivity contribution in [3.8, 4) is 0 Å². The number of aromatic amines is 5. The van der Waals surface area contributed by atoms with Crippen molar-refractivity contribution >= 4 is 113 Å². The van der Waals surface area contributed by atoms with E-state index in [4.69, 9.17) is 45.4 Å². The van der Waals surface area contributed by atoms with Crippen LogP contribution in [0.25, 0.3) is 0 Å². The first kappa shape index (κ1) is 129. The number of rotatable bonds is 39. The van der Waals surface area contributed by atoms with Gasteiger partial charge in [-0.3, -0.25) is 100 Å². The number of amides is 2. The lowest BCUT2D eigenvalue weighted by atomic mass is 10.1. The van der Waals surface area contributed by atoms with Gasteiger partial charge in [0.25, 0.3) is 27.8 Å². The summed E-state index contributed by atoms with van der Waals surface area (Å²) in [5.74, 6) is -5.90. The molecule has 0 bridgehead atoms. The number of ether oxygens (including phenoxy) is 7. The van der Waals surface area contributed by atoms with Crippen molar-refractivity contribution in [1.29, 1.82) is 0 Å². The molecule has 0 saturated carbocycles. The van der Waals surface area contributed by atoms with Crippen molar-refractivity contribution in [2.24, 2.45) is 0 Å². The van der Waals surface area contributed by atoms with Crippen molar-refractivity contribution in [1.82, 2.24) is 73.5 Å². The Kier molecular flexibility index (Phi) is 46.9. The van der Waals surface area contributed by atoms with E-state index < -0.39 is 263 Å². The Morgan fingerprint density at radius 3 is 0.919 bits per heavy atom. The molecule has 2 amide bonds. The Labute approximate surface area is 858 Å². The summed E-state index contributed by atoms with van der Waals surface area (Å²) in [6.07, 6.45) is 0.992. The van der Waals surface area contributed by atoms with Gasteiger partial charge in [-0.15, -0.1) is 65.9 Å². The Morgan fingerprint density at radius 2 is 0.644 bits per heavy atom. The fourth-order valence-electron chi connectivity index (χ4n) is 15.6. The normalized spacial score (nSPS) is 24.7. The number of H-pyrrole nitrogens is 5. The Bertz CT molecular complexity index is 6280. The second-order valence-electron chi connectivity index (χ2n) is 41.6. The maximum Gasteiger partial charge on any atom is 0.471 e. The summed E-state index contributed by atoms with van der Waals surface area (Å²) < 4.78 is 122. The molecule has 149 heavy (non-hydrogen) atoms. The molecule has 10 rings (SSSR count). The topological polar surface area (TPSA) is 649 Å². The number of hydrogen-bond donors (Lipinski definition) is 17. The number of carbonyl (C=O) groups excluding carboxylic acids is 6. The number of nitrogens with one attached hydrogen (secondary N) is 8. The molecule has 0 spiro atoms. The summed E-state index contributed by atoms with van der Waals surface area (Å²) in [6.45, 7) is 20.2. The zero-order valence-electron chi connectivity index (χ0n) is 86.5. The third-order valence-electron chi connectivity index (χ3n) is 23.3. The van der Waals surface area contributed by atoms with Gasteiger partial charge in [0.05, 0.1) is 74.4 Å². The molecule has 46 nitrogen and oxygen atoms in total. The van der Waals surface area contributed by atoms with Crippen LogP contribution in [0.4, 0.5) is 26.3 Å². The standard InChI is InChI=1S/C22H33F3N3O8P.C18H30N3O6P.C17H25F3N3O6P.C17H28N3O6P.C17H28N3O5PS/c1-21(2,3)36-14(29)11-27(19(33)22(23,24)25)9-12-10-28(20(34)26-17(12)32)18-16(31)15(30)13(35-18)7-8-37(4,5)6;1-11(22)8-19-9-12-10-21(18(25)20-16(12)24)17-15(26-2)14(23)13(27-17)6-7-28(3,4)5;1-22(15(27)17(18,19)20)7-9-8-23(16(28)21-13(9)26)14-12(25)11(24)10(29-14)5-6-30(2,3)4;1-10(21)7-18-8-11-9-20(17(25)19-15(11)24)16-14(23)13(22)12(26-16)5-6-27(2,3)4;1-10(21)7-18-8-11-9-20(17(27)19-15(11)24)16-14(23)13(22)12(25-16)5-6-26(2,3)4/h10,13,15-16,18,30-31H,4,7-9,11H2,1-3,5-6H3,(H,26,32,34);10,13-15,17,19,23H,3,6-9H2,1-2,4-5H3,(H,20,24,25);8,10-12,14,24-25H,2,5-7H2,1,3-4H3,(H,21,26,28);9,12-14,16,18,22-23H,2,5-8H2,1,3-4H3,(H,19,24,25);9,12-14,16,18,22-23H,2,5-8H2,1,3-4H3,(H,19,24,27)/t13-,15-,16-,18-;13-,14-,15-,17-;10-,11-,12-,14-;2*12-,13-,14-,16-/m11111/s1. The molecule has 5 aromatic rings. The largest absolute Gasteiger partial charge is 0.471 e. The molecule has 0 aromatic carbocycles. The monoisotopic (exact) mass is 2240 g/mol. The highest BCUT2D eigenvalue weighted by Crippen LogP contribution is 2.45. The SMILES string of the molecule is C=P(C)(C)CC[C@H]1O[C@@H](n2cc(CN(C)C(=O)C(F)(F)F)c(=O)[nH]c2=O)[C@H](O)[C@@H]1O.C=P(C)(C)CC[C@H]1O[C@@H](n2cc(CN(CC(=O)OC(C)(C)C)C(=O)C(F)(F)F)c(=O)[nH]c2=O)[C@H](O)[C@@H]1O.C=P(C)(C)CC[C@H]1O[C@@H](n2cc(CNCC(C)=O)c(=O)[nH]c2=O)[C@H](O)[C@@H]1O.C=P(C)(C)CC[C@H]1O[C@@H](n2cc(CNCC(C)=O)c(=O)[nH]c2=O)[C@H](OC)[C@@H]1O.C=P(C)(C)CC[C@H]1O[C@@H](n2cc(CNCC(C)=O)c(=O)[nH]c2=S)[C@H](O)[C@@H]1O. The predicted octanol–water partition coefficient (Wildman–Crippen LogP) is -0.912. The fourth-order valence-corrected chi connectivity index (χ4v) is 20.6. The van der Waals surface area contributed by atoms with Crippen LogP contribution < -0.4 is 66.5 Å². The molecule has 842 valence electrons. The first-order chi connectivity index (χ1) is 68.3. The van der Waals surface area contributed by atoms with Gasteiger partial charge < -0.3 is 105 Å². The summed E-state index contributed by atoms with van der Waals surface area (Å²) in [5.41, 5.74) is -8.04. The molecule has 5 aliphatic heterocycles. The second kappa shape index (κ2) is 54.1. The quantitative estimate of drug-likeness (QED) is 0.00980. The van der Waals surface area contributed by atoms with Crippen LogP contribution in [0.3, 0.4) is 0 Å². The zero-order chi connectivity index (χ0) is 113. The number of Topliss-reactive ketones (excluding diaryl/α,β-unsaturated/α-hetero) is 3. The van der Waals surface area contributed by atoms with Crippen LogP contribution in [0.5, 0.6) is 0 Å². The van der Waals surface area contributed by atoms with Gasteiger partial charge in [-0.2, -0.15) is 26.3 Å². The molecule has 5 fully saturated rings. The molecule has 5 aromatic heterocycles. The molecule has 17 N–H and O–H groups in total. The minimum Gasteiger partial charge on any atom is -0.459 e. The highest BCUT2D eigenvalue weighted by atomic mass is 32.1. The molecule has 58 heteroatoms. The molecule has 5 saturated heterocycles. The number of halogens is 6. The number of ketones is 3.